The average Bonchev–Trinajstić information content (AvgIpc) is 2.85. The lowest BCUT2D eigenvalue weighted by Crippen LogP contribution is -2.22. The van der Waals surface area contributed by atoms with Crippen molar-refractivity contribution in [3.05, 3.63) is 58.9 Å². The van der Waals surface area contributed by atoms with Gasteiger partial charge < -0.3 is 4.57 Å². The van der Waals surface area contributed by atoms with E-state index in [9.17, 15) is 4.79 Å². The zero-order valence-electron chi connectivity index (χ0n) is 12.8. The highest BCUT2D eigenvalue weighted by Crippen LogP contribution is 2.20. The first-order chi connectivity index (χ1) is 9.90. The Kier molecular flexibility index (Phi) is 4.29. The second kappa shape index (κ2) is 5.97. The molecule has 0 aliphatic carbocycles. The summed E-state index contributed by atoms with van der Waals surface area (Å²) in [7, 11) is 1.32. The van der Waals surface area contributed by atoms with Crippen LogP contribution in [0.4, 0.5) is 0 Å². The molecule has 1 aromatic heterocycles. The van der Waals surface area contributed by atoms with Crippen LogP contribution in [0.2, 0.25) is 0 Å². The topological polar surface area (TPSA) is 45.5 Å². The number of amides is 1. The van der Waals surface area contributed by atoms with Gasteiger partial charge in [-0.1, -0.05) is 18.2 Å². The largest absolute Gasteiger partial charge is 0.323 e. The lowest BCUT2D eigenvalue weighted by molar-refractivity contribution is -0.154. The standard InChI is InChI=1S/C17H20N2O2/c1-12-6-5-7-13(2)16(12)19-9-8-15(11-19)10-14(3)17(20)18(4)21/h5-11,21H,1-4H3/b14-10+. The Bertz CT molecular complexity index is 676. The molecule has 0 aliphatic heterocycles. The molecule has 4 nitrogen and oxygen atoms in total. The van der Waals surface area contributed by atoms with Crippen molar-refractivity contribution in [3.8, 4) is 5.69 Å². The van der Waals surface area contributed by atoms with Gasteiger partial charge in [0.05, 0.1) is 5.69 Å². The molecule has 0 unspecified atom stereocenters. The normalized spacial score (nSPS) is 11.6. The molecule has 1 aromatic carbocycles. The molecule has 21 heavy (non-hydrogen) atoms. The van der Waals surface area contributed by atoms with Crippen LogP contribution in [-0.2, 0) is 4.79 Å². The number of nitrogens with zero attached hydrogens (tertiary/aromatic N) is 2. The first-order valence-electron chi connectivity index (χ1n) is 6.80. The van der Waals surface area contributed by atoms with E-state index in [4.69, 9.17) is 5.21 Å². The summed E-state index contributed by atoms with van der Waals surface area (Å²) in [6.45, 7) is 5.84. The van der Waals surface area contributed by atoms with Crippen molar-refractivity contribution in [2.24, 2.45) is 0 Å². The van der Waals surface area contributed by atoms with Crippen molar-refractivity contribution >= 4 is 12.0 Å². The van der Waals surface area contributed by atoms with Crippen LogP contribution < -0.4 is 0 Å². The molecule has 0 aliphatic rings. The van der Waals surface area contributed by atoms with E-state index < -0.39 is 5.91 Å². The summed E-state index contributed by atoms with van der Waals surface area (Å²) in [4.78, 5) is 11.6. The predicted molar refractivity (Wildman–Crippen MR) is 83.5 cm³/mol. The molecule has 0 spiro atoms. The average molecular weight is 284 g/mol. The van der Waals surface area contributed by atoms with Crippen molar-refractivity contribution in [2.45, 2.75) is 20.8 Å². The maximum atomic E-state index is 11.6. The first kappa shape index (κ1) is 15.1. The molecule has 1 amide bonds. The molecule has 0 radical (unpaired) electrons. The highest BCUT2D eigenvalue weighted by atomic mass is 16.5. The van der Waals surface area contributed by atoms with E-state index in [2.05, 4.69) is 30.5 Å². The van der Waals surface area contributed by atoms with Crippen molar-refractivity contribution in [1.82, 2.24) is 9.63 Å². The summed E-state index contributed by atoms with van der Waals surface area (Å²) in [5.74, 6) is -0.408. The van der Waals surface area contributed by atoms with Crippen molar-refractivity contribution in [3.63, 3.8) is 0 Å². The van der Waals surface area contributed by atoms with Crippen molar-refractivity contribution in [2.75, 3.05) is 7.05 Å². The van der Waals surface area contributed by atoms with E-state index in [-0.39, 0.29) is 0 Å². The molecule has 0 bridgehead atoms. The van der Waals surface area contributed by atoms with Gasteiger partial charge in [-0.3, -0.25) is 10.0 Å². The van der Waals surface area contributed by atoms with Gasteiger partial charge in [-0.15, -0.1) is 0 Å². The second-order valence-electron chi connectivity index (χ2n) is 5.25. The molecule has 0 atom stereocenters. The Morgan fingerprint density at radius 3 is 2.43 bits per heavy atom. The smallest absolute Gasteiger partial charge is 0.272 e. The maximum Gasteiger partial charge on any atom is 0.272 e. The van der Waals surface area contributed by atoms with Gasteiger partial charge in [0.2, 0.25) is 0 Å². The third kappa shape index (κ3) is 3.23. The van der Waals surface area contributed by atoms with E-state index in [0.29, 0.717) is 10.6 Å². The van der Waals surface area contributed by atoms with Crippen LogP contribution in [0.3, 0.4) is 0 Å². The summed E-state index contributed by atoms with van der Waals surface area (Å²) >= 11 is 0. The van der Waals surface area contributed by atoms with Crippen LogP contribution in [0.1, 0.15) is 23.6 Å². The van der Waals surface area contributed by atoms with E-state index in [1.165, 1.54) is 18.2 Å². The van der Waals surface area contributed by atoms with E-state index in [1.807, 2.05) is 24.5 Å². The van der Waals surface area contributed by atoms with E-state index in [0.717, 1.165) is 11.3 Å². The Morgan fingerprint density at radius 1 is 1.24 bits per heavy atom. The maximum absolute atomic E-state index is 11.6. The Morgan fingerprint density at radius 2 is 1.86 bits per heavy atom. The second-order valence-corrected chi connectivity index (χ2v) is 5.25. The lowest BCUT2D eigenvalue weighted by atomic mass is 10.1. The molecule has 2 aromatic rings. The lowest BCUT2D eigenvalue weighted by Gasteiger charge is -2.10. The third-order valence-electron chi connectivity index (χ3n) is 3.43. The van der Waals surface area contributed by atoms with Gasteiger partial charge in [-0.25, -0.2) is 5.06 Å². The number of likely N-dealkylation sites (N-methyl/N-ethyl adjacent to an activating group) is 1. The summed E-state index contributed by atoms with van der Waals surface area (Å²) in [5.41, 5.74) is 4.96. The molecule has 2 rings (SSSR count). The number of aromatic nitrogens is 1. The zero-order chi connectivity index (χ0) is 15.6. The molecule has 4 heteroatoms. The number of hydrogen-bond acceptors (Lipinski definition) is 2. The van der Waals surface area contributed by atoms with Crippen LogP contribution in [0.5, 0.6) is 0 Å². The van der Waals surface area contributed by atoms with Gasteiger partial charge in [-0.05, 0) is 49.6 Å². The summed E-state index contributed by atoms with van der Waals surface area (Å²) < 4.78 is 2.05. The van der Waals surface area contributed by atoms with Crippen LogP contribution in [-0.4, -0.2) is 27.8 Å². The highest BCUT2D eigenvalue weighted by molar-refractivity contribution is 5.96. The van der Waals surface area contributed by atoms with E-state index in [1.54, 1.807) is 13.0 Å². The SMILES string of the molecule is C/C(=C\c1ccn(-c2c(C)cccc2C)c1)C(=O)N(C)O. The predicted octanol–water partition coefficient (Wildman–Crippen LogP) is 3.35. The Balaban J connectivity index is 2.35. The number of para-hydroxylation sites is 1. The van der Waals surface area contributed by atoms with Crippen LogP contribution in [0.25, 0.3) is 11.8 Å². The number of benzene rings is 1. The number of carbonyl (C=O) groups is 1. The van der Waals surface area contributed by atoms with Gasteiger partial charge >= 0.3 is 0 Å². The monoisotopic (exact) mass is 284 g/mol. The fraction of sp³-hybridized carbons (Fsp3) is 0.235. The van der Waals surface area contributed by atoms with Crippen LogP contribution >= 0.6 is 0 Å². The Labute approximate surface area is 124 Å². The number of rotatable bonds is 3. The molecular weight excluding hydrogens is 264 g/mol. The molecule has 1 N–H and O–H groups in total. The van der Waals surface area contributed by atoms with Gasteiger partial charge in [-0.2, -0.15) is 0 Å². The van der Waals surface area contributed by atoms with Gasteiger partial charge in [0.25, 0.3) is 5.91 Å². The molecule has 0 saturated carbocycles. The van der Waals surface area contributed by atoms with Gasteiger partial charge in [0, 0.05) is 25.0 Å². The fourth-order valence-corrected chi connectivity index (χ4v) is 2.42. The number of hydrogen-bond donors (Lipinski definition) is 1. The molecular formula is C17H20N2O2. The van der Waals surface area contributed by atoms with Crippen LogP contribution in [0, 0.1) is 13.8 Å². The number of hydroxylamine groups is 2. The van der Waals surface area contributed by atoms with Gasteiger partial charge in [0.15, 0.2) is 0 Å². The molecule has 0 saturated heterocycles. The summed E-state index contributed by atoms with van der Waals surface area (Å²) in [6.07, 6.45) is 5.71. The minimum atomic E-state index is -0.408. The summed E-state index contributed by atoms with van der Waals surface area (Å²) in [6, 6.07) is 8.14. The summed E-state index contributed by atoms with van der Waals surface area (Å²) in [5, 5.41) is 9.75. The van der Waals surface area contributed by atoms with E-state index >= 15 is 0 Å². The fourth-order valence-electron chi connectivity index (χ4n) is 2.42. The quantitative estimate of drug-likeness (QED) is 0.534. The Hall–Kier alpha value is -2.33. The number of carbonyl (C=O) groups excluding carboxylic acids is 1. The number of aryl methyl sites for hydroxylation is 2. The van der Waals surface area contributed by atoms with Gasteiger partial charge in [0.1, 0.15) is 0 Å². The molecule has 1 heterocycles. The minimum absolute atomic E-state index is 0.408. The zero-order valence-corrected chi connectivity index (χ0v) is 12.8. The molecule has 0 fully saturated rings. The third-order valence-corrected chi connectivity index (χ3v) is 3.43. The first-order valence-corrected chi connectivity index (χ1v) is 6.80. The van der Waals surface area contributed by atoms with Crippen LogP contribution in [0.15, 0.2) is 42.2 Å². The minimum Gasteiger partial charge on any atom is -0.323 e. The van der Waals surface area contributed by atoms with Crippen molar-refractivity contribution in [1.29, 1.82) is 0 Å². The molecule has 110 valence electrons. The van der Waals surface area contributed by atoms with Crippen molar-refractivity contribution < 1.29 is 10.0 Å². The highest BCUT2D eigenvalue weighted by Gasteiger charge is 2.09.